The Bertz CT molecular complexity index is 1150. The van der Waals surface area contributed by atoms with E-state index in [-0.39, 0.29) is 18.1 Å². The molecule has 0 aliphatic heterocycles. The third-order valence-electron chi connectivity index (χ3n) is 5.68. The largest absolute Gasteiger partial charge is 0.416 e. The van der Waals surface area contributed by atoms with Gasteiger partial charge in [0.2, 0.25) is 0 Å². The molecule has 0 unspecified atom stereocenters. The lowest BCUT2D eigenvalue weighted by molar-refractivity contribution is -0.137. The van der Waals surface area contributed by atoms with Crippen LogP contribution in [-0.4, -0.2) is 10.6 Å². The van der Waals surface area contributed by atoms with Crippen LogP contribution in [0.4, 0.5) is 13.2 Å². The van der Waals surface area contributed by atoms with Crippen LogP contribution in [0.1, 0.15) is 48.1 Å². The molecule has 0 amide bonds. The van der Waals surface area contributed by atoms with E-state index in [2.05, 4.69) is 11.4 Å². The molecule has 0 saturated heterocycles. The summed E-state index contributed by atoms with van der Waals surface area (Å²) < 4.78 is 41.1. The summed E-state index contributed by atoms with van der Waals surface area (Å²) in [6.07, 6.45) is -1.32. The van der Waals surface area contributed by atoms with Crippen molar-refractivity contribution in [2.24, 2.45) is 0 Å². The second-order valence-corrected chi connectivity index (χ2v) is 8.33. The Morgan fingerprint density at radius 1 is 1.07 bits per heavy atom. The number of halogens is 3. The molecule has 0 spiro atoms. The third-order valence-corrected chi connectivity index (χ3v) is 5.68. The fraction of sp³-hybridized carbons (Fsp3) is 0.375. The molecule has 0 saturated carbocycles. The van der Waals surface area contributed by atoms with Gasteiger partial charge in [-0.3, -0.25) is 4.79 Å². The normalized spacial score (nSPS) is 13.9. The molecule has 1 aromatic heterocycles. The van der Waals surface area contributed by atoms with Crippen LogP contribution in [0.15, 0.2) is 47.3 Å². The molecule has 4 rings (SSSR count). The van der Waals surface area contributed by atoms with Crippen molar-refractivity contribution in [3.05, 3.63) is 80.6 Å². The Labute approximate surface area is 173 Å². The first-order valence-electron chi connectivity index (χ1n) is 10.3. The highest BCUT2D eigenvalue weighted by molar-refractivity contribution is 5.82. The lowest BCUT2D eigenvalue weighted by Gasteiger charge is -2.16. The minimum Gasteiger partial charge on any atom is -0.310 e. The van der Waals surface area contributed by atoms with E-state index in [0.29, 0.717) is 17.7 Å². The number of pyridine rings is 1. The second-order valence-electron chi connectivity index (χ2n) is 8.33. The SMILES string of the molecule is CC(C)NCc1cc2cc3c(cc2n(Cc2cccc(C(F)(F)F)c2)c1=O)CCC3. The lowest BCUT2D eigenvalue weighted by Crippen LogP contribution is -2.30. The molecule has 1 heterocycles. The van der Waals surface area contributed by atoms with Crippen molar-refractivity contribution in [1.82, 2.24) is 9.88 Å². The topological polar surface area (TPSA) is 34.0 Å². The average Bonchev–Trinajstić information content (AvgIpc) is 3.14. The quantitative estimate of drug-likeness (QED) is 0.634. The number of hydrogen-bond donors (Lipinski definition) is 1. The zero-order chi connectivity index (χ0) is 21.5. The number of nitrogens with zero attached hydrogens (tertiary/aromatic N) is 1. The van der Waals surface area contributed by atoms with E-state index in [9.17, 15) is 18.0 Å². The van der Waals surface area contributed by atoms with Crippen LogP contribution < -0.4 is 10.9 Å². The maximum atomic E-state index is 13.3. The number of rotatable bonds is 5. The fourth-order valence-corrected chi connectivity index (χ4v) is 4.14. The number of aryl methyl sites for hydroxylation is 2. The van der Waals surface area contributed by atoms with Crippen LogP contribution in [0.3, 0.4) is 0 Å². The molecule has 1 aliphatic carbocycles. The summed E-state index contributed by atoms with van der Waals surface area (Å²) in [6.45, 7) is 4.55. The zero-order valence-corrected chi connectivity index (χ0v) is 17.1. The van der Waals surface area contributed by atoms with Gasteiger partial charge in [-0.05, 0) is 71.7 Å². The van der Waals surface area contributed by atoms with Crippen LogP contribution in [-0.2, 0) is 32.1 Å². The van der Waals surface area contributed by atoms with Gasteiger partial charge in [-0.15, -0.1) is 0 Å². The van der Waals surface area contributed by atoms with Crippen LogP contribution in [0.25, 0.3) is 10.9 Å². The first-order valence-corrected chi connectivity index (χ1v) is 10.3. The number of benzene rings is 2. The van der Waals surface area contributed by atoms with Crippen molar-refractivity contribution < 1.29 is 13.2 Å². The Kier molecular flexibility index (Phi) is 5.45. The molecule has 0 atom stereocenters. The summed E-state index contributed by atoms with van der Waals surface area (Å²) in [5.41, 5.74) is 3.54. The minimum absolute atomic E-state index is 0.105. The van der Waals surface area contributed by atoms with Gasteiger partial charge in [-0.2, -0.15) is 13.2 Å². The third kappa shape index (κ3) is 4.15. The van der Waals surface area contributed by atoms with Gasteiger partial charge in [0, 0.05) is 18.2 Å². The maximum absolute atomic E-state index is 13.3. The van der Waals surface area contributed by atoms with Gasteiger partial charge < -0.3 is 9.88 Å². The maximum Gasteiger partial charge on any atom is 0.416 e. The Balaban J connectivity index is 1.84. The summed E-state index contributed by atoms with van der Waals surface area (Å²) in [6, 6.07) is 11.6. The van der Waals surface area contributed by atoms with Crippen LogP contribution in [0, 0.1) is 0 Å². The van der Waals surface area contributed by atoms with Gasteiger partial charge in [0.1, 0.15) is 0 Å². The molecule has 3 aromatic rings. The molecule has 30 heavy (non-hydrogen) atoms. The van der Waals surface area contributed by atoms with E-state index >= 15 is 0 Å². The Hall–Kier alpha value is -2.60. The first-order chi connectivity index (χ1) is 14.2. The van der Waals surface area contributed by atoms with E-state index in [1.165, 1.54) is 17.2 Å². The van der Waals surface area contributed by atoms with Gasteiger partial charge >= 0.3 is 6.18 Å². The average molecular weight is 414 g/mol. The van der Waals surface area contributed by atoms with Crippen molar-refractivity contribution in [3.63, 3.8) is 0 Å². The molecule has 3 nitrogen and oxygen atoms in total. The highest BCUT2D eigenvalue weighted by Gasteiger charge is 2.30. The number of alkyl halides is 3. The van der Waals surface area contributed by atoms with Crippen LogP contribution in [0.2, 0.25) is 0 Å². The number of nitrogens with one attached hydrogen (secondary N) is 1. The lowest BCUT2D eigenvalue weighted by atomic mass is 10.0. The standard InChI is InChI=1S/C24H25F3N2O/c1-15(2)28-13-20-11-19-10-17-6-4-7-18(17)12-22(19)29(23(20)30)14-16-5-3-8-21(9-16)24(25,26)27/h3,5,8-12,15,28H,4,6-7,13-14H2,1-2H3. The van der Waals surface area contributed by atoms with Crippen molar-refractivity contribution >= 4 is 10.9 Å². The van der Waals surface area contributed by atoms with Crippen molar-refractivity contribution in [2.45, 2.75) is 58.4 Å². The fourth-order valence-electron chi connectivity index (χ4n) is 4.14. The summed E-state index contributed by atoms with van der Waals surface area (Å²) in [5.74, 6) is 0. The summed E-state index contributed by atoms with van der Waals surface area (Å²) in [4.78, 5) is 13.3. The number of fused-ring (bicyclic) bond motifs is 2. The van der Waals surface area contributed by atoms with Crippen molar-refractivity contribution in [3.8, 4) is 0 Å². The molecule has 0 fully saturated rings. The summed E-state index contributed by atoms with van der Waals surface area (Å²) in [7, 11) is 0. The number of hydrogen-bond acceptors (Lipinski definition) is 2. The predicted octanol–water partition coefficient (Wildman–Crippen LogP) is 5.06. The molecule has 6 heteroatoms. The van der Waals surface area contributed by atoms with Crippen LogP contribution in [0.5, 0.6) is 0 Å². The highest BCUT2D eigenvalue weighted by Crippen LogP contribution is 2.30. The smallest absolute Gasteiger partial charge is 0.310 e. The van der Waals surface area contributed by atoms with E-state index < -0.39 is 11.7 Å². The molecular weight excluding hydrogens is 389 g/mol. The van der Waals surface area contributed by atoms with Crippen LogP contribution >= 0.6 is 0 Å². The Morgan fingerprint density at radius 2 is 1.80 bits per heavy atom. The molecule has 158 valence electrons. The first kappa shape index (κ1) is 20.7. The Morgan fingerprint density at radius 3 is 2.50 bits per heavy atom. The van der Waals surface area contributed by atoms with Crippen molar-refractivity contribution in [2.75, 3.05) is 0 Å². The molecular formula is C24H25F3N2O. The molecule has 0 radical (unpaired) electrons. The minimum atomic E-state index is -4.41. The van der Waals surface area contributed by atoms with E-state index in [1.807, 2.05) is 26.0 Å². The van der Waals surface area contributed by atoms with E-state index in [1.54, 1.807) is 10.6 Å². The van der Waals surface area contributed by atoms with E-state index in [4.69, 9.17) is 0 Å². The van der Waals surface area contributed by atoms with Crippen molar-refractivity contribution in [1.29, 1.82) is 0 Å². The summed E-state index contributed by atoms with van der Waals surface area (Å²) in [5, 5.41) is 4.24. The second kappa shape index (κ2) is 7.91. The summed E-state index contributed by atoms with van der Waals surface area (Å²) >= 11 is 0. The van der Waals surface area contributed by atoms with Gasteiger partial charge in [-0.25, -0.2) is 0 Å². The van der Waals surface area contributed by atoms with Gasteiger partial charge in [0.15, 0.2) is 0 Å². The molecule has 2 aromatic carbocycles. The predicted molar refractivity (Wildman–Crippen MR) is 113 cm³/mol. The monoisotopic (exact) mass is 414 g/mol. The highest BCUT2D eigenvalue weighted by atomic mass is 19.4. The van der Waals surface area contributed by atoms with Gasteiger partial charge in [0.05, 0.1) is 17.6 Å². The molecule has 1 N–H and O–H groups in total. The van der Waals surface area contributed by atoms with E-state index in [0.717, 1.165) is 42.3 Å². The van der Waals surface area contributed by atoms with Gasteiger partial charge in [0.25, 0.3) is 5.56 Å². The zero-order valence-electron chi connectivity index (χ0n) is 17.1. The number of aromatic nitrogens is 1. The van der Waals surface area contributed by atoms with Gasteiger partial charge in [-0.1, -0.05) is 26.0 Å². The molecule has 1 aliphatic rings. The molecule has 0 bridgehead atoms.